The molecule has 0 aliphatic carbocycles. The molecule has 0 atom stereocenters. The number of nitrogens with one attached hydrogen (secondary N) is 3. The summed E-state index contributed by atoms with van der Waals surface area (Å²) in [4.78, 5) is 0.478. The molecule has 0 aliphatic rings. The molecule has 0 heterocycles. The van der Waals surface area contributed by atoms with E-state index in [0.717, 1.165) is 0 Å². The first-order valence-electron chi connectivity index (χ1n) is 4.56. The average molecular weight is 260 g/mol. The van der Waals surface area contributed by atoms with Crippen molar-refractivity contribution < 1.29 is 0 Å². The molecule has 16 heavy (non-hydrogen) atoms. The van der Waals surface area contributed by atoms with Crippen molar-refractivity contribution >= 4 is 46.0 Å². The molecule has 0 radical (unpaired) electrons. The van der Waals surface area contributed by atoms with E-state index in [1.165, 1.54) is 0 Å². The summed E-state index contributed by atoms with van der Waals surface area (Å²) in [6.07, 6.45) is 0. The fourth-order valence-corrected chi connectivity index (χ4v) is 0.635. The van der Waals surface area contributed by atoms with Crippen LogP contribution in [-0.2, 0) is 0 Å². The van der Waals surface area contributed by atoms with Gasteiger partial charge in [0.1, 0.15) is 4.99 Å². The Bertz CT molecular complexity index is 290. The van der Waals surface area contributed by atoms with Crippen molar-refractivity contribution in [3.63, 3.8) is 0 Å². The second-order valence-electron chi connectivity index (χ2n) is 2.82. The highest BCUT2D eigenvalue weighted by Crippen LogP contribution is 1.82. The standard InChI is InChI=1S/C8H16N6S2/c1-5(11-13-7(15)4-9)6(2)12-14-8(16)10-3/h4,9H2,1-3H3,(H,13,15)(H2,10,14,16)/b11-5+,12-6+. The number of nitrogens with zero attached hydrogens (tertiary/aromatic N) is 2. The number of rotatable bonds is 4. The molecule has 0 amide bonds. The average Bonchev–Trinajstić information content (AvgIpc) is 2.31. The fourth-order valence-electron chi connectivity index (χ4n) is 0.544. The summed E-state index contributed by atoms with van der Waals surface area (Å²) in [5.41, 5.74) is 12.0. The Labute approximate surface area is 106 Å². The van der Waals surface area contributed by atoms with Crippen LogP contribution in [0.5, 0.6) is 0 Å². The summed E-state index contributed by atoms with van der Waals surface area (Å²) < 4.78 is 0. The lowest BCUT2D eigenvalue weighted by Gasteiger charge is -2.04. The first-order valence-corrected chi connectivity index (χ1v) is 5.38. The molecule has 6 nitrogen and oxygen atoms in total. The Morgan fingerprint density at radius 1 is 1.12 bits per heavy atom. The van der Waals surface area contributed by atoms with Gasteiger partial charge in [-0.05, 0) is 26.1 Å². The molecule has 0 aromatic rings. The summed E-state index contributed by atoms with van der Waals surface area (Å²) in [7, 11) is 1.71. The van der Waals surface area contributed by atoms with Gasteiger partial charge in [-0.1, -0.05) is 12.2 Å². The van der Waals surface area contributed by atoms with Gasteiger partial charge in [-0.2, -0.15) is 10.2 Å². The zero-order valence-corrected chi connectivity index (χ0v) is 11.1. The first-order chi connectivity index (χ1) is 7.51. The van der Waals surface area contributed by atoms with Gasteiger partial charge in [0.25, 0.3) is 0 Å². The van der Waals surface area contributed by atoms with Gasteiger partial charge in [-0.25, -0.2) is 0 Å². The van der Waals surface area contributed by atoms with Gasteiger partial charge in [0.05, 0.1) is 11.4 Å². The van der Waals surface area contributed by atoms with Crippen molar-refractivity contribution in [3.8, 4) is 0 Å². The largest absolute Gasteiger partial charge is 0.364 e. The van der Waals surface area contributed by atoms with E-state index in [4.69, 9.17) is 30.2 Å². The van der Waals surface area contributed by atoms with Gasteiger partial charge >= 0.3 is 0 Å². The van der Waals surface area contributed by atoms with E-state index in [1.54, 1.807) is 20.9 Å². The van der Waals surface area contributed by atoms with Gasteiger partial charge in [0.2, 0.25) is 0 Å². The van der Waals surface area contributed by atoms with E-state index < -0.39 is 0 Å². The van der Waals surface area contributed by atoms with E-state index >= 15 is 0 Å². The Balaban J connectivity index is 4.30. The fraction of sp³-hybridized carbons (Fsp3) is 0.500. The molecule has 5 N–H and O–H groups in total. The summed E-state index contributed by atoms with van der Waals surface area (Å²) in [5, 5.41) is 11.2. The quantitative estimate of drug-likeness (QED) is 0.316. The highest BCUT2D eigenvalue weighted by atomic mass is 32.1. The van der Waals surface area contributed by atoms with Crippen LogP contribution < -0.4 is 21.9 Å². The minimum absolute atomic E-state index is 0.268. The van der Waals surface area contributed by atoms with E-state index in [-0.39, 0.29) is 6.54 Å². The van der Waals surface area contributed by atoms with Crippen molar-refractivity contribution in [2.45, 2.75) is 13.8 Å². The summed E-state index contributed by atoms with van der Waals surface area (Å²) >= 11 is 9.72. The van der Waals surface area contributed by atoms with Crippen LogP contribution in [0.3, 0.4) is 0 Å². The Morgan fingerprint density at radius 2 is 1.62 bits per heavy atom. The van der Waals surface area contributed by atoms with Crippen LogP contribution in [0.4, 0.5) is 0 Å². The molecule has 0 aromatic heterocycles. The minimum Gasteiger partial charge on any atom is -0.364 e. The molecule has 90 valence electrons. The van der Waals surface area contributed by atoms with E-state index in [1.807, 2.05) is 0 Å². The van der Waals surface area contributed by atoms with Crippen LogP contribution in [0.25, 0.3) is 0 Å². The summed E-state index contributed by atoms with van der Waals surface area (Å²) in [6.45, 7) is 3.87. The van der Waals surface area contributed by atoms with E-state index in [0.29, 0.717) is 21.5 Å². The normalized spacial score (nSPS) is 12.0. The maximum Gasteiger partial charge on any atom is 0.186 e. The third kappa shape index (κ3) is 6.38. The van der Waals surface area contributed by atoms with Gasteiger partial charge < -0.3 is 11.1 Å². The summed E-state index contributed by atoms with van der Waals surface area (Å²) in [5.74, 6) is 0. The van der Waals surface area contributed by atoms with Gasteiger partial charge in [0.15, 0.2) is 5.11 Å². The Kier molecular flexibility index (Phi) is 7.52. The van der Waals surface area contributed by atoms with Crippen molar-refractivity contribution in [2.24, 2.45) is 15.9 Å². The van der Waals surface area contributed by atoms with Gasteiger partial charge in [-0.15, -0.1) is 0 Å². The number of thiocarbonyl (C=S) groups is 2. The lowest BCUT2D eigenvalue weighted by molar-refractivity contribution is 0.973. The van der Waals surface area contributed by atoms with Crippen molar-refractivity contribution in [1.29, 1.82) is 0 Å². The molecule has 8 heteroatoms. The summed E-state index contributed by atoms with van der Waals surface area (Å²) in [6, 6.07) is 0. The first kappa shape index (κ1) is 14.9. The molecular weight excluding hydrogens is 244 g/mol. The van der Waals surface area contributed by atoms with Gasteiger partial charge in [-0.3, -0.25) is 10.9 Å². The van der Waals surface area contributed by atoms with Crippen LogP contribution >= 0.6 is 24.4 Å². The molecule has 0 spiro atoms. The van der Waals surface area contributed by atoms with Crippen LogP contribution in [0.1, 0.15) is 13.8 Å². The van der Waals surface area contributed by atoms with Crippen LogP contribution in [-0.4, -0.2) is 35.1 Å². The molecule has 0 saturated carbocycles. The van der Waals surface area contributed by atoms with Crippen LogP contribution in [0.2, 0.25) is 0 Å². The third-order valence-electron chi connectivity index (χ3n) is 1.61. The monoisotopic (exact) mass is 260 g/mol. The zero-order chi connectivity index (χ0) is 12.6. The molecule has 0 bridgehead atoms. The molecule has 0 unspecified atom stereocenters. The minimum atomic E-state index is 0.268. The van der Waals surface area contributed by atoms with Crippen molar-refractivity contribution in [2.75, 3.05) is 13.6 Å². The Morgan fingerprint density at radius 3 is 2.06 bits per heavy atom. The zero-order valence-electron chi connectivity index (χ0n) is 9.50. The van der Waals surface area contributed by atoms with E-state index in [2.05, 4.69) is 26.4 Å². The lowest BCUT2D eigenvalue weighted by Crippen LogP contribution is -2.30. The van der Waals surface area contributed by atoms with Crippen molar-refractivity contribution in [1.82, 2.24) is 16.2 Å². The molecule has 0 aromatic carbocycles. The van der Waals surface area contributed by atoms with E-state index in [9.17, 15) is 0 Å². The van der Waals surface area contributed by atoms with Crippen molar-refractivity contribution in [3.05, 3.63) is 0 Å². The maximum atomic E-state index is 5.31. The highest BCUT2D eigenvalue weighted by Gasteiger charge is 1.98. The number of hydrazone groups is 2. The predicted molar refractivity (Wildman–Crippen MR) is 75.8 cm³/mol. The number of nitrogens with two attached hydrogens (primary N) is 1. The highest BCUT2D eigenvalue weighted by molar-refractivity contribution is 7.80. The molecule has 0 rings (SSSR count). The van der Waals surface area contributed by atoms with Crippen LogP contribution in [0, 0.1) is 0 Å². The van der Waals surface area contributed by atoms with Gasteiger partial charge in [0, 0.05) is 13.6 Å². The predicted octanol–water partition coefficient (Wildman–Crippen LogP) is -0.292. The maximum absolute atomic E-state index is 5.31. The Hall–Kier alpha value is -1.12. The molecule has 0 saturated heterocycles. The molecule has 0 fully saturated rings. The topological polar surface area (TPSA) is 86.8 Å². The number of hydrogen-bond acceptors (Lipinski definition) is 5. The molecule has 0 aliphatic heterocycles. The smallest absolute Gasteiger partial charge is 0.186 e. The second-order valence-corrected chi connectivity index (χ2v) is 3.73. The second kappa shape index (κ2) is 8.08. The third-order valence-corrected chi connectivity index (χ3v) is 2.16. The SMILES string of the molecule is CNC(=S)N/N=C(C)/C(C)=N/NC(=S)CN. The van der Waals surface area contributed by atoms with Crippen LogP contribution in [0.15, 0.2) is 10.2 Å². The lowest BCUT2D eigenvalue weighted by atomic mass is 10.3. The number of hydrogen-bond donors (Lipinski definition) is 4. The molecular formula is C8H16N6S2.